The van der Waals surface area contributed by atoms with Crippen molar-refractivity contribution in [2.75, 3.05) is 21.3 Å². The number of nitrogens with zero attached hydrogens (tertiary/aromatic N) is 3. The fraction of sp³-hybridized carbons (Fsp3) is 0.368. The molecule has 0 unspecified atom stereocenters. The highest BCUT2D eigenvalue weighted by Gasteiger charge is 2.15. The summed E-state index contributed by atoms with van der Waals surface area (Å²) in [6.45, 7) is 0.375. The van der Waals surface area contributed by atoms with E-state index in [2.05, 4.69) is 15.0 Å². The van der Waals surface area contributed by atoms with E-state index < -0.39 is 11.2 Å². The zero-order chi connectivity index (χ0) is 21.1. The summed E-state index contributed by atoms with van der Waals surface area (Å²) < 4.78 is 11.8. The molecule has 0 saturated heterocycles. The lowest BCUT2D eigenvalue weighted by Gasteiger charge is -2.19. The zero-order valence-electron chi connectivity index (χ0n) is 16.7. The topological polar surface area (TPSA) is 122 Å². The Hall–Kier alpha value is -3.56. The Labute approximate surface area is 166 Å². The Morgan fingerprint density at radius 1 is 1.21 bits per heavy atom. The van der Waals surface area contributed by atoms with Gasteiger partial charge in [0.15, 0.2) is 5.65 Å². The molecular formula is C19H23N5O5. The van der Waals surface area contributed by atoms with Gasteiger partial charge in [-0.15, -0.1) is 0 Å². The van der Waals surface area contributed by atoms with E-state index in [4.69, 9.17) is 9.47 Å². The van der Waals surface area contributed by atoms with E-state index in [1.807, 2.05) is 12.1 Å². The van der Waals surface area contributed by atoms with Crippen LogP contribution in [0.4, 0.5) is 0 Å². The van der Waals surface area contributed by atoms with Crippen LogP contribution in [-0.2, 0) is 24.8 Å². The van der Waals surface area contributed by atoms with Gasteiger partial charge in [-0.1, -0.05) is 0 Å². The highest BCUT2D eigenvalue weighted by molar-refractivity contribution is 5.76. The normalized spacial score (nSPS) is 10.9. The maximum absolute atomic E-state index is 12.5. The number of fused-ring (bicyclic) bond motifs is 1. The number of ether oxygens (including phenoxy) is 2. The Balaban J connectivity index is 1.69. The van der Waals surface area contributed by atoms with Crippen LogP contribution in [0.2, 0.25) is 0 Å². The van der Waals surface area contributed by atoms with E-state index in [9.17, 15) is 14.4 Å². The molecule has 3 rings (SSSR count). The van der Waals surface area contributed by atoms with Crippen LogP contribution in [0.5, 0.6) is 11.5 Å². The molecule has 2 aromatic heterocycles. The monoisotopic (exact) mass is 401 g/mol. The number of H-pyrrole nitrogens is 2. The van der Waals surface area contributed by atoms with Crippen LogP contribution in [0.25, 0.3) is 11.2 Å². The van der Waals surface area contributed by atoms with E-state index in [0.29, 0.717) is 30.3 Å². The van der Waals surface area contributed by atoms with E-state index in [1.54, 1.807) is 32.2 Å². The fourth-order valence-corrected chi connectivity index (χ4v) is 3.01. The van der Waals surface area contributed by atoms with Gasteiger partial charge in [-0.2, -0.15) is 0 Å². The minimum atomic E-state index is -0.537. The first kappa shape index (κ1) is 20.2. The van der Waals surface area contributed by atoms with Gasteiger partial charge in [0.05, 0.1) is 14.2 Å². The molecule has 0 aliphatic heterocycles. The van der Waals surface area contributed by atoms with Crippen molar-refractivity contribution in [3.63, 3.8) is 0 Å². The maximum Gasteiger partial charge on any atom is 0.329 e. The number of imidazole rings is 1. The van der Waals surface area contributed by atoms with Gasteiger partial charge in [-0.3, -0.25) is 19.1 Å². The van der Waals surface area contributed by atoms with Crippen LogP contribution in [0.3, 0.4) is 0 Å². The van der Waals surface area contributed by atoms with Crippen LogP contribution >= 0.6 is 0 Å². The molecule has 10 heteroatoms. The van der Waals surface area contributed by atoms with Crippen LogP contribution < -0.4 is 20.7 Å². The third kappa shape index (κ3) is 4.15. The fourth-order valence-electron chi connectivity index (χ4n) is 3.01. The molecule has 0 fully saturated rings. The molecule has 0 atom stereocenters. The van der Waals surface area contributed by atoms with Crippen molar-refractivity contribution < 1.29 is 14.3 Å². The third-order valence-electron chi connectivity index (χ3n) is 4.71. The van der Waals surface area contributed by atoms with Gasteiger partial charge in [0.1, 0.15) is 22.8 Å². The third-order valence-corrected chi connectivity index (χ3v) is 4.71. The minimum absolute atomic E-state index is 0.0916. The smallest absolute Gasteiger partial charge is 0.329 e. The number of aryl methyl sites for hydroxylation is 2. The van der Waals surface area contributed by atoms with Crippen LogP contribution in [-0.4, -0.2) is 51.6 Å². The van der Waals surface area contributed by atoms with Gasteiger partial charge < -0.3 is 19.4 Å². The van der Waals surface area contributed by atoms with Crippen LogP contribution in [0, 0.1) is 0 Å². The SMILES string of the molecule is COc1ccc(CN(C)C(=O)CCc2nc3c([nH]2)c(=O)[nH]c(=O)n3C)c(OC)c1. The second-order valence-corrected chi connectivity index (χ2v) is 6.63. The molecule has 0 aliphatic rings. The van der Waals surface area contributed by atoms with Crippen molar-refractivity contribution in [1.82, 2.24) is 24.4 Å². The number of benzene rings is 1. The average Bonchev–Trinajstić information content (AvgIpc) is 3.15. The Bertz CT molecular complexity index is 1160. The van der Waals surface area contributed by atoms with Crippen molar-refractivity contribution >= 4 is 17.1 Å². The number of aromatic amines is 2. The Morgan fingerprint density at radius 3 is 2.66 bits per heavy atom. The lowest BCUT2D eigenvalue weighted by Crippen LogP contribution is -2.28. The number of nitrogens with one attached hydrogen (secondary N) is 2. The maximum atomic E-state index is 12.5. The largest absolute Gasteiger partial charge is 0.497 e. The quantitative estimate of drug-likeness (QED) is 0.596. The van der Waals surface area contributed by atoms with Crippen molar-refractivity contribution in [3.05, 3.63) is 50.4 Å². The number of hydrogen-bond donors (Lipinski definition) is 2. The van der Waals surface area contributed by atoms with Gasteiger partial charge in [-0.05, 0) is 12.1 Å². The summed E-state index contributed by atoms with van der Waals surface area (Å²) in [4.78, 5) is 47.1. The number of carbonyl (C=O) groups is 1. The standard InChI is InChI=1S/C19H23N5O5/c1-23(10-11-5-6-12(28-3)9-13(11)29-4)15(25)8-7-14-20-16-17(21-14)24(2)19(27)22-18(16)26/h5-6,9H,7-8,10H2,1-4H3,(H,20,21)(H,22,26,27). The summed E-state index contributed by atoms with van der Waals surface area (Å²) in [7, 11) is 6.37. The van der Waals surface area contributed by atoms with Crippen molar-refractivity contribution in [2.45, 2.75) is 19.4 Å². The predicted molar refractivity (Wildman–Crippen MR) is 106 cm³/mol. The molecule has 0 bridgehead atoms. The molecule has 0 spiro atoms. The van der Waals surface area contributed by atoms with Crippen molar-refractivity contribution in [1.29, 1.82) is 0 Å². The first-order valence-corrected chi connectivity index (χ1v) is 8.96. The molecule has 154 valence electrons. The summed E-state index contributed by atoms with van der Waals surface area (Å²) in [5.41, 5.74) is 0.263. The Kier molecular flexibility index (Phi) is 5.71. The highest BCUT2D eigenvalue weighted by Crippen LogP contribution is 2.25. The lowest BCUT2D eigenvalue weighted by molar-refractivity contribution is -0.130. The van der Waals surface area contributed by atoms with Crippen LogP contribution in [0.1, 0.15) is 17.8 Å². The molecule has 29 heavy (non-hydrogen) atoms. The number of methoxy groups -OCH3 is 2. The van der Waals surface area contributed by atoms with Crippen molar-refractivity contribution in [3.8, 4) is 11.5 Å². The highest BCUT2D eigenvalue weighted by atomic mass is 16.5. The summed E-state index contributed by atoms with van der Waals surface area (Å²) in [6, 6.07) is 5.43. The van der Waals surface area contributed by atoms with Gasteiger partial charge in [0.2, 0.25) is 5.91 Å². The summed E-state index contributed by atoms with van der Waals surface area (Å²) >= 11 is 0. The number of carbonyl (C=O) groups excluding carboxylic acids is 1. The van der Waals surface area contributed by atoms with E-state index in [1.165, 1.54) is 11.6 Å². The molecule has 1 aromatic carbocycles. The first-order valence-electron chi connectivity index (χ1n) is 8.96. The summed E-state index contributed by atoms with van der Waals surface area (Å²) in [5.74, 6) is 1.69. The van der Waals surface area contributed by atoms with E-state index in [-0.39, 0.29) is 23.5 Å². The minimum Gasteiger partial charge on any atom is -0.497 e. The lowest BCUT2D eigenvalue weighted by atomic mass is 10.1. The van der Waals surface area contributed by atoms with Crippen molar-refractivity contribution in [2.24, 2.45) is 7.05 Å². The number of hydrogen-bond acceptors (Lipinski definition) is 6. The summed E-state index contributed by atoms with van der Waals surface area (Å²) in [6.07, 6.45) is 0.506. The molecule has 1 amide bonds. The molecule has 0 saturated carbocycles. The average molecular weight is 401 g/mol. The van der Waals surface area contributed by atoms with Gasteiger partial charge in [-0.25, -0.2) is 9.78 Å². The zero-order valence-corrected chi connectivity index (χ0v) is 16.7. The second-order valence-electron chi connectivity index (χ2n) is 6.63. The second kappa shape index (κ2) is 8.21. The Morgan fingerprint density at radius 2 is 1.97 bits per heavy atom. The van der Waals surface area contributed by atoms with Gasteiger partial charge >= 0.3 is 5.69 Å². The number of rotatable bonds is 7. The number of aromatic nitrogens is 4. The summed E-state index contributed by atoms with van der Waals surface area (Å²) in [5, 5.41) is 0. The molecule has 0 aliphatic carbocycles. The predicted octanol–water partition coefficient (Wildman–Crippen LogP) is 0.558. The van der Waals surface area contributed by atoms with Crippen LogP contribution in [0.15, 0.2) is 27.8 Å². The first-order chi connectivity index (χ1) is 13.8. The molecule has 10 nitrogen and oxygen atoms in total. The molecule has 3 aromatic rings. The van der Waals surface area contributed by atoms with Gasteiger partial charge in [0, 0.05) is 45.1 Å². The van der Waals surface area contributed by atoms with E-state index in [0.717, 1.165) is 5.56 Å². The molecule has 0 radical (unpaired) electrons. The van der Waals surface area contributed by atoms with E-state index >= 15 is 0 Å². The molecule has 2 heterocycles. The number of amides is 1. The van der Waals surface area contributed by atoms with Gasteiger partial charge in [0.25, 0.3) is 5.56 Å². The molecular weight excluding hydrogens is 378 g/mol. The molecule has 2 N–H and O–H groups in total.